The molecule has 1 aromatic rings. The number of hydrogen-bond donors (Lipinski definition) is 3. The number of H-pyrrole nitrogens is 1. The molecule has 78 valence electrons. The van der Waals surface area contributed by atoms with Crippen LogP contribution in [0, 0.1) is 5.92 Å². The molecule has 0 spiro atoms. The van der Waals surface area contributed by atoms with Crippen molar-refractivity contribution in [3.8, 4) is 0 Å². The molecule has 14 heavy (non-hydrogen) atoms. The van der Waals surface area contributed by atoms with Gasteiger partial charge >= 0.3 is 0 Å². The van der Waals surface area contributed by atoms with E-state index in [2.05, 4.69) is 25.8 Å². The monoisotopic (exact) mass is 195 g/mol. The zero-order valence-corrected chi connectivity index (χ0v) is 8.29. The average molecular weight is 195 g/mol. The number of aromatic amines is 1. The molecule has 2 heterocycles. The second-order valence-corrected chi connectivity index (χ2v) is 3.76. The molecule has 0 aromatic carbocycles. The van der Waals surface area contributed by atoms with Crippen LogP contribution in [0.1, 0.15) is 18.7 Å². The Labute approximate surface area is 83.7 Å². The van der Waals surface area contributed by atoms with Crippen LogP contribution in [-0.2, 0) is 6.54 Å². The van der Waals surface area contributed by atoms with E-state index in [1.165, 1.54) is 12.8 Å². The average Bonchev–Trinajstić information content (AvgIpc) is 2.72. The highest BCUT2D eigenvalue weighted by atomic mass is 15.2. The van der Waals surface area contributed by atoms with Crippen molar-refractivity contribution in [3.05, 3.63) is 12.2 Å². The third-order valence-electron chi connectivity index (χ3n) is 2.65. The number of aromatic nitrogens is 3. The summed E-state index contributed by atoms with van der Waals surface area (Å²) >= 11 is 0. The molecule has 5 nitrogen and oxygen atoms in total. The van der Waals surface area contributed by atoms with Gasteiger partial charge in [-0.3, -0.25) is 5.10 Å². The van der Waals surface area contributed by atoms with Gasteiger partial charge in [0.2, 0.25) is 0 Å². The fourth-order valence-corrected chi connectivity index (χ4v) is 1.80. The Kier molecular flexibility index (Phi) is 3.48. The van der Waals surface area contributed by atoms with Crippen LogP contribution in [0.5, 0.6) is 0 Å². The number of nitrogens with zero attached hydrogens (tertiary/aromatic N) is 2. The minimum absolute atomic E-state index is 0.796. The molecule has 1 saturated heterocycles. The molecule has 1 aromatic heterocycles. The van der Waals surface area contributed by atoms with Gasteiger partial charge < -0.3 is 10.6 Å². The van der Waals surface area contributed by atoms with Gasteiger partial charge in [-0.1, -0.05) is 0 Å². The van der Waals surface area contributed by atoms with Crippen LogP contribution in [0.25, 0.3) is 0 Å². The molecule has 0 aliphatic carbocycles. The predicted molar refractivity (Wildman–Crippen MR) is 53.7 cm³/mol. The van der Waals surface area contributed by atoms with Gasteiger partial charge in [0.1, 0.15) is 12.2 Å². The minimum atomic E-state index is 0.796. The Morgan fingerprint density at radius 1 is 1.43 bits per heavy atom. The Morgan fingerprint density at radius 2 is 2.29 bits per heavy atom. The van der Waals surface area contributed by atoms with E-state index in [-0.39, 0.29) is 0 Å². The minimum Gasteiger partial charge on any atom is -0.317 e. The van der Waals surface area contributed by atoms with Crippen molar-refractivity contribution in [2.45, 2.75) is 19.4 Å². The Balaban J connectivity index is 1.62. The van der Waals surface area contributed by atoms with Crippen LogP contribution < -0.4 is 10.6 Å². The largest absolute Gasteiger partial charge is 0.317 e. The molecule has 2 rings (SSSR count). The molecule has 0 unspecified atom stereocenters. The molecule has 1 fully saturated rings. The number of nitrogens with one attached hydrogen (secondary N) is 3. The Morgan fingerprint density at radius 3 is 3.00 bits per heavy atom. The van der Waals surface area contributed by atoms with Gasteiger partial charge in [-0.15, -0.1) is 0 Å². The number of piperidine rings is 1. The highest BCUT2D eigenvalue weighted by molar-refractivity contribution is 4.79. The van der Waals surface area contributed by atoms with E-state index in [0.717, 1.165) is 37.9 Å². The maximum Gasteiger partial charge on any atom is 0.138 e. The molecule has 5 heteroatoms. The lowest BCUT2D eigenvalue weighted by molar-refractivity contribution is 0.355. The van der Waals surface area contributed by atoms with E-state index < -0.39 is 0 Å². The van der Waals surface area contributed by atoms with Crippen LogP contribution in [0.4, 0.5) is 0 Å². The molecule has 1 aliphatic rings. The van der Waals surface area contributed by atoms with Crippen molar-refractivity contribution in [2.24, 2.45) is 5.92 Å². The highest BCUT2D eigenvalue weighted by Gasteiger charge is 2.11. The van der Waals surface area contributed by atoms with E-state index in [1.807, 2.05) is 0 Å². The van der Waals surface area contributed by atoms with Crippen molar-refractivity contribution in [3.63, 3.8) is 0 Å². The summed E-state index contributed by atoms with van der Waals surface area (Å²) in [6.45, 7) is 4.20. The van der Waals surface area contributed by atoms with Gasteiger partial charge in [0.25, 0.3) is 0 Å². The molecule has 3 N–H and O–H groups in total. The molecular weight excluding hydrogens is 178 g/mol. The maximum atomic E-state index is 4.06. The first-order valence-electron chi connectivity index (χ1n) is 5.21. The molecule has 0 amide bonds. The topological polar surface area (TPSA) is 65.6 Å². The summed E-state index contributed by atoms with van der Waals surface area (Å²) in [6.07, 6.45) is 4.11. The molecule has 1 aliphatic heterocycles. The first-order chi connectivity index (χ1) is 6.95. The van der Waals surface area contributed by atoms with Gasteiger partial charge in [0, 0.05) is 0 Å². The summed E-state index contributed by atoms with van der Waals surface area (Å²) < 4.78 is 0. The molecular formula is C9H17N5. The summed E-state index contributed by atoms with van der Waals surface area (Å²) in [5, 5.41) is 13.4. The van der Waals surface area contributed by atoms with E-state index >= 15 is 0 Å². The van der Waals surface area contributed by atoms with Crippen LogP contribution in [0.2, 0.25) is 0 Å². The van der Waals surface area contributed by atoms with E-state index in [1.54, 1.807) is 6.33 Å². The van der Waals surface area contributed by atoms with Gasteiger partial charge in [-0.25, -0.2) is 4.98 Å². The van der Waals surface area contributed by atoms with Gasteiger partial charge in [0.05, 0.1) is 6.54 Å². The van der Waals surface area contributed by atoms with Crippen LogP contribution in [-0.4, -0.2) is 34.8 Å². The van der Waals surface area contributed by atoms with Gasteiger partial charge in [-0.2, -0.15) is 5.10 Å². The standard InChI is InChI=1S/C9H17N5/c1-3-10-4-2-8(1)5-11-6-9-12-7-13-14-9/h7-8,10-11H,1-6H2,(H,12,13,14). The third-order valence-corrected chi connectivity index (χ3v) is 2.65. The van der Waals surface area contributed by atoms with Gasteiger partial charge in [0.15, 0.2) is 0 Å². The molecule has 0 radical (unpaired) electrons. The summed E-state index contributed by atoms with van der Waals surface area (Å²) in [6, 6.07) is 0. The zero-order chi connectivity index (χ0) is 9.64. The lowest BCUT2D eigenvalue weighted by Crippen LogP contribution is -2.33. The second-order valence-electron chi connectivity index (χ2n) is 3.76. The van der Waals surface area contributed by atoms with Crippen LogP contribution in [0.15, 0.2) is 6.33 Å². The summed E-state index contributed by atoms with van der Waals surface area (Å²) in [5.41, 5.74) is 0. The molecule has 0 saturated carbocycles. The Bertz CT molecular complexity index is 240. The SMILES string of the molecule is c1n[nH]c(CNCC2CCNCC2)n1. The fraction of sp³-hybridized carbons (Fsp3) is 0.778. The fourth-order valence-electron chi connectivity index (χ4n) is 1.80. The third kappa shape index (κ3) is 2.78. The van der Waals surface area contributed by atoms with E-state index in [9.17, 15) is 0 Å². The van der Waals surface area contributed by atoms with Gasteiger partial charge in [-0.05, 0) is 38.4 Å². The van der Waals surface area contributed by atoms with Crippen LogP contribution in [0.3, 0.4) is 0 Å². The van der Waals surface area contributed by atoms with Crippen molar-refractivity contribution in [1.82, 2.24) is 25.8 Å². The Hall–Kier alpha value is -0.940. The summed E-state index contributed by atoms with van der Waals surface area (Å²) in [7, 11) is 0. The molecule has 0 atom stereocenters. The molecule has 0 bridgehead atoms. The first-order valence-corrected chi connectivity index (χ1v) is 5.21. The zero-order valence-electron chi connectivity index (χ0n) is 8.29. The lowest BCUT2D eigenvalue weighted by Gasteiger charge is -2.22. The maximum absolute atomic E-state index is 4.06. The second kappa shape index (κ2) is 5.07. The van der Waals surface area contributed by atoms with Crippen molar-refractivity contribution >= 4 is 0 Å². The van der Waals surface area contributed by atoms with E-state index in [4.69, 9.17) is 0 Å². The summed E-state index contributed by atoms with van der Waals surface area (Å²) in [5.74, 6) is 1.73. The van der Waals surface area contributed by atoms with Crippen LogP contribution >= 0.6 is 0 Å². The van der Waals surface area contributed by atoms with Crippen molar-refractivity contribution in [1.29, 1.82) is 0 Å². The smallest absolute Gasteiger partial charge is 0.138 e. The highest BCUT2D eigenvalue weighted by Crippen LogP contribution is 2.09. The van der Waals surface area contributed by atoms with Crippen molar-refractivity contribution in [2.75, 3.05) is 19.6 Å². The predicted octanol–water partition coefficient (Wildman–Crippen LogP) is -0.106. The van der Waals surface area contributed by atoms with Crippen molar-refractivity contribution < 1.29 is 0 Å². The van der Waals surface area contributed by atoms with E-state index in [0.29, 0.717) is 0 Å². The summed E-state index contributed by atoms with van der Waals surface area (Å²) in [4.78, 5) is 4.06. The normalized spacial score (nSPS) is 18.6. The number of rotatable bonds is 4. The number of hydrogen-bond acceptors (Lipinski definition) is 4. The first kappa shape index (κ1) is 9.61. The lowest BCUT2D eigenvalue weighted by atomic mass is 9.98. The quantitative estimate of drug-likeness (QED) is 0.627.